The number of pyridine rings is 1. The second kappa shape index (κ2) is 9.69. The van der Waals surface area contributed by atoms with Gasteiger partial charge in [0.1, 0.15) is 5.56 Å². The van der Waals surface area contributed by atoms with Crippen LogP contribution in [0.5, 0.6) is 0 Å². The molecule has 1 unspecified atom stereocenters. The van der Waals surface area contributed by atoms with E-state index in [-0.39, 0.29) is 28.9 Å². The molecule has 0 bridgehead atoms. The van der Waals surface area contributed by atoms with E-state index in [0.29, 0.717) is 32.5 Å². The minimum absolute atomic E-state index is 0.0256. The van der Waals surface area contributed by atoms with Gasteiger partial charge in [-0.2, -0.15) is 0 Å². The van der Waals surface area contributed by atoms with Crippen LogP contribution in [0.1, 0.15) is 39.9 Å². The zero-order valence-corrected chi connectivity index (χ0v) is 19.0. The van der Waals surface area contributed by atoms with Crippen molar-refractivity contribution in [2.24, 2.45) is 5.92 Å². The lowest BCUT2D eigenvalue weighted by Gasteiger charge is -2.36. The molecule has 2 aliphatic rings. The van der Waals surface area contributed by atoms with Crippen LogP contribution in [0.25, 0.3) is 0 Å². The summed E-state index contributed by atoms with van der Waals surface area (Å²) in [5.41, 5.74) is 2.79. The predicted molar refractivity (Wildman–Crippen MR) is 124 cm³/mol. The van der Waals surface area contributed by atoms with E-state index in [0.717, 1.165) is 42.6 Å². The molecule has 7 heteroatoms. The number of carbonyl (C=O) groups excluding carboxylic acids is 2. The van der Waals surface area contributed by atoms with Crippen molar-refractivity contribution in [1.82, 2.24) is 19.7 Å². The van der Waals surface area contributed by atoms with E-state index in [1.807, 2.05) is 41.4 Å². The number of fused-ring (bicyclic) bond motifs is 1. The van der Waals surface area contributed by atoms with Gasteiger partial charge in [-0.25, -0.2) is 0 Å². The first-order valence-corrected chi connectivity index (χ1v) is 11.5. The Morgan fingerprint density at radius 3 is 2.66 bits per heavy atom. The van der Waals surface area contributed by atoms with Gasteiger partial charge in [0.05, 0.1) is 5.92 Å². The highest BCUT2D eigenvalue weighted by Crippen LogP contribution is 2.25. The number of hydrogen-bond donors (Lipinski definition) is 1. The van der Waals surface area contributed by atoms with Gasteiger partial charge in [-0.1, -0.05) is 30.3 Å². The third-order valence-corrected chi connectivity index (χ3v) is 6.69. The minimum Gasteiger partial charge on any atom is -0.355 e. The number of benzene rings is 1. The van der Waals surface area contributed by atoms with Crippen molar-refractivity contribution in [2.45, 2.75) is 38.8 Å². The first-order chi connectivity index (χ1) is 15.5. The molecule has 1 atom stereocenters. The molecule has 0 aliphatic carbocycles. The van der Waals surface area contributed by atoms with Gasteiger partial charge in [0.15, 0.2) is 0 Å². The summed E-state index contributed by atoms with van der Waals surface area (Å²) in [5.74, 6) is -0.141. The average Bonchev–Trinajstić information content (AvgIpc) is 2.82. The number of piperidine rings is 1. The average molecular weight is 437 g/mol. The molecule has 2 aromatic rings. The molecular formula is C25H32N4O3. The third kappa shape index (κ3) is 4.63. The Morgan fingerprint density at radius 1 is 1.16 bits per heavy atom. The number of nitrogens with zero attached hydrogens (tertiary/aromatic N) is 3. The van der Waals surface area contributed by atoms with E-state index in [1.54, 1.807) is 11.6 Å². The predicted octanol–water partition coefficient (Wildman–Crippen LogP) is 1.68. The Bertz CT molecular complexity index is 1050. The smallest absolute Gasteiger partial charge is 0.263 e. The van der Waals surface area contributed by atoms with Crippen LogP contribution in [0.3, 0.4) is 0 Å². The summed E-state index contributed by atoms with van der Waals surface area (Å²) in [6.07, 6.45) is 5.05. The van der Waals surface area contributed by atoms with Gasteiger partial charge in [-0.05, 0) is 56.0 Å². The van der Waals surface area contributed by atoms with E-state index in [2.05, 4.69) is 17.3 Å². The van der Waals surface area contributed by atoms with Crippen LogP contribution >= 0.6 is 0 Å². The molecule has 1 N–H and O–H groups in total. The highest BCUT2D eigenvalue weighted by molar-refractivity contribution is 5.95. The van der Waals surface area contributed by atoms with E-state index in [9.17, 15) is 14.4 Å². The summed E-state index contributed by atoms with van der Waals surface area (Å²) < 4.78 is 1.64. The summed E-state index contributed by atoms with van der Waals surface area (Å²) in [6, 6.07) is 9.99. The standard InChI is InChI=1S/C25H32N4O3/c1-26-23(30)22-21-11-14-28(24(31)19-9-6-12-27(2)15-19)16-20(21)17-29(25(22)32)13-10-18-7-4-3-5-8-18/h3-5,7-8,17,19H,6,9-16H2,1-2H3,(H,26,30). The first-order valence-electron chi connectivity index (χ1n) is 11.5. The van der Waals surface area contributed by atoms with Crippen molar-refractivity contribution >= 4 is 11.8 Å². The number of nitrogens with one attached hydrogen (secondary N) is 1. The van der Waals surface area contributed by atoms with Crippen molar-refractivity contribution in [3.63, 3.8) is 0 Å². The summed E-state index contributed by atoms with van der Waals surface area (Å²) in [5, 5.41) is 2.63. The zero-order chi connectivity index (χ0) is 22.7. The number of likely N-dealkylation sites (tertiary alicyclic amines) is 1. The maximum atomic E-state index is 13.2. The van der Waals surface area contributed by atoms with E-state index in [4.69, 9.17) is 0 Å². The Kier molecular flexibility index (Phi) is 6.74. The van der Waals surface area contributed by atoms with Crippen LogP contribution in [0.2, 0.25) is 0 Å². The highest BCUT2D eigenvalue weighted by Gasteiger charge is 2.32. The van der Waals surface area contributed by atoms with Crippen LogP contribution in [0.15, 0.2) is 41.3 Å². The molecule has 7 nitrogen and oxygen atoms in total. The number of aryl methyl sites for hydroxylation is 2. The molecule has 2 amide bonds. The molecule has 1 saturated heterocycles. The second-order valence-electron chi connectivity index (χ2n) is 8.93. The normalized spacial score (nSPS) is 18.8. The molecule has 0 saturated carbocycles. The van der Waals surface area contributed by atoms with Crippen LogP contribution in [0, 0.1) is 5.92 Å². The Labute approximate surface area is 189 Å². The van der Waals surface area contributed by atoms with Crippen molar-refractivity contribution in [2.75, 3.05) is 33.7 Å². The van der Waals surface area contributed by atoms with Crippen molar-refractivity contribution in [3.05, 3.63) is 69.1 Å². The lowest BCUT2D eigenvalue weighted by atomic mass is 9.92. The number of hydrogen-bond acceptors (Lipinski definition) is 4. The zero-order valence-electron chi connectivity index (χ0n) is 19.0. The molecule has 0 radical (unpaired) electrons. The molecule has 3 heterocycles. The largest absolute Gasteiger partial charge is 0.355 e. The molecule has 4 rings (SSSR count). The fourth-order valence-corrected chi connectivity index (χ4v) is 4.94. The Morgan fingerprint density at radius 2 is 1.94 bits per heavy atom. The number of amides is 2. The SMILES string of the molecule is CNC(=O)c1c2c(cn(CCc3ccccc3)c1=O)CN(C(=O)C1CCCN(C)C1)CC2. The number of aromatic nitrogens is 1. The van der Waals surface area contributed by atoms with Crippen LogP contribution in [-0.4, -0.2) is 59.9 Å². The molecule has 1 aromatic carbocycles. The van der Waals surface area contributed by atoms with Crippen molar-refractivity contribution < 1.29 is 9.59 Å². The molecule has 170 valence electrons. The van der Waals surface area contributed by atoms with Gasteiger partial charge in [-0.3, -0.25) is 14.4 Å². The summed E-state index contributed by atoms with van der Waals surface area (Å²) >= 11 is 0. The fraction of sp³-hybridized carbons (Fsp3) is 0.480. The summed E-state index contributed by atoms with van der Waals surface area (Å²) in [6.45, 7) is 3.31. The second-order valence-corrected chi connectivity index (χ2v) is 8.93. The van der Waals surface area contributed by atoms with Gasteiger partial charge in [0.25, 0.3) is 11.5 Å². The topological polar surface area (TPSA) is 74.6 Å². The minimum atomic E-state index is -0.353. The molecule has 1 aromatic heterocycles. The monoisotopic (exact) mass is 436 g/mol. The lowest BCUT2D eigenvalue weighted by molar-refractivity contribution is -0.138. The number of rotatable bonds is 5. The van der Waals surface area contributed by atoms with Gasteiger partial charge in [0.2, 0.25) is 5.91 Å². The molecular weight excluding hydrogens is 404 g/mol. The molecule has 2 aliphatic heterocycles. The fourth-order valence-electron chi connectivity index (χ4n) is 4.94. The maximum absolute atomic E-state index is 13.2. The lowest BCUT2D eigenvalue weighted by Crippen LogP contribution is -2.46. The Balaban J connectivity index is 1.61. The van der Waals surface area contributed by atoms with E-state index in [1.165, 1.54) is 0 Å². The van der Waals surface area contributed by atoms with Crippen molar-refractivity contribution in [3.8, 4) is 0 Å². The van der Waals surface area contributed by atoms with Gasteiger partial charge < -0.3 is 19.7 Å². The van der Waals surface area contributed by atoms with Crippen LogP contribution in [-0.2, 0) is 30.7 Å². The summed E-state index contributed by atoms with van der Waals surface area (Å²) in [4.78, 5) is 43.1. The molecule has 0 spiro atoms. The van der Waals surface area contributed by atoms with Gasteiger partial charge in [0, 0.05) is 39.4 Å². The van der Waals surface area contributed by atoms with Crippen LogP contribution in [0.4, 0.5) is 0 Å². The molecule has 32 heavy (non-hydrogen) atoms. The van der Waals surface area contributed by atoms with E-state index >= 15 is 0 Å². The highest BCUT2D eigenvalue weighted by atomic mass is 16.2. The quantitative estimate of drug-likeness (QED) is 0.774. The number of carbonyl (C=O) groups is 2. The third-order valence-electron chi connectivity index (χ3n) is 6.69. The van der Waals surface area contributed by atoms with Crippen LogP contribution < -0.4 is 10.9 Å². The van der Waals surface area contributed by atoms with Gasteiger partial charge >= 0.3 is 0 Å². The van der Waals surface area contributed by atoms with Gasteiger partial charge in [-0.15, -0.1) is 0 Å². The van der Waals surface area contributed by atoms with E-state index < -0.39 is 0 Å². The maximum Gasteiger partial charge on any atom is 0.263 e. The van der Waals surface area contributed by atoms with Crippen molar-refractivity contribution in [1.29, 1.82) is 0 Å². The first kappa shape index (κ1) is 22.3. The Hall–Kier alpha value is -2.93. The molecule has 1 fully saturated rings. The summed E-state index contributed by atoms with van der Waals surface area (Å²) in [7, 11) is 3.61.